The average Bonchev–Trinajstić information content (AvgIpc) is 2.79. The van der Waals surface area contributed by atoms with Crippen molar-refractivity contribution in [3.8, 4) is 17.2 Å². The van der Waals surface area contributed by atoms with Crippen molar-refractivity contribution in [3.05, 3.63) is 119 Å². The van der Waals surface area contributed by atoms with E-state index in [0.29, 0.717) is 13.2 Å². The lowest BCUT2D eigenvalue weighted by atomic mass is 10.2. The molecule has 0 aliphatic rings. The first-order valence-corrected chi connectivity index (χ1v) is 10.6. The van der Waals surface area contributed by atoms with Crippen LogP contribution in [0.2, 0.25) is 0 Å². The van der Waals surface area contributed by atoms with Gasteiger partial charge in [-0.3, -0.25) is 0 Å². The van der Waals surface area contributed by atoms with Gasteiger partial charge in [-0.05, 0) is 60.2 Å². The SMILES string of the molecule is Brc1ccc(OCc2ccccc2)c(CNc2ccc(Oc3ccccc3)cc2)c1. The lowest BCUT2D eigenvalue weighted by Gasteiger charge is -2.14. The van der Waals surface area contributed by atoms with E-state index in [2.05, 4.69) is 39.4 Å². The van der Waals surface area contributed by atoms with E-state index in [1.54, 1.807) is 0 Å². The van der Waals surface area contributed by atoms with Crippen molar-refractivity contribution in [2.45, 2.75) is 13.2 Å². The molecule has 1 N–H and O–H groups in total. The van der Waals surface area contributed by atoms with Gasteiger partial charge in [-0.1, -0.05) is 64.5 Å². The summed E-state index contributed by atoms with van der Waals surface area (Å²) in [6.07, 6.45) is 0. The van der Waals surface area contributed by atoms with Gasteiger partial charge in [0.2, 0.25) is 0 Å². The maximum absolute atomic E-state index is 6.07. The normalized spacial score (nSPS) is 10.4. The second-order valence-corrected chi connectivity index (χ2v) is 7.74. The summed E-state index contributed by atoms with van der Waals surface area (Å²) in [5.74, 6) is 2.51. The number of rotatable bonds is 8. The molecular weight excluding hydrogens is 438 g/mol. The Morgan fingerprint density at radius 1 is 0.700 bits per heavy atom. The van der Waals surface area contributed by atoms with Crippen LogP contribution in [0.5, 0.6) is 17.2 Å². The number of halogens is 1. The van der Waals surface area contributed by atoms with Gasteiger partial charge in [0.15, 0.2) is 0 Å². The van der Waals surface area contributed by atoms with Gasteiger partial charge in [0.05, 0.1) is 0 Å². The quantitative estimate of drug-likeness (QED) is 0.297. The molecule has 4 aromatic carbocycles. The van der Waals surface area contributed by atoms with Crippen LogP contribution < -0.4 is 14.8 Å². The molecule has 0 radical (unpaired) electrons. The number of ether oxygens (including phenoxy) is 2. The summed E-state index contributed by atoms with van der Waals surface area (Å²) in [7, 11) is 0. The Kier molecular flexibility index (Phi) is 6.68. The van der Waals surface area contributed by atoms with Crippen molar-refractivity contribution in [1.29, 1.82) is 0 Å². The second kappa shape index (κ2) is 9.99. The first-order chi connectivity index (χ1) is 14.8. The van der Waals surface area contributed by atoms with Crippen LogP contribution in [0.15, 0.2) is 108 Å². The summed E-state index contributed by atoms with van der Waals surface area (Å²) < 4.78 is 12.9. The minimum atomic E-state index is 0.543. The monoisotopic (exact) mass is 459 g/mol. The molecule has 0 aliphatic heterocycles. The van der Waals surface area contributed by atoms with E-state index < -0.39 is 0 Å². The third-order valence-electron chi connectivity index (χ3n) is 4.58. The predicted octanol–water partition coefficient (Wildman–Crippen LogP) is 7.43. The molecule has 0 unspecified atom stereocenters. The van der Waals surface area contributed by atoms with Crippen LogP contribution in [0, 0.1) is 0 Å². The standard InChI is InChI=1S/C26H22BrNO2/c27-22-11-16-26(29-19-20-7-3-1-4-8-20)21(17-22)18-28-23-12-14-25(15-13-23)30-24-9-5-2-6-10-24/h1-17,28H,18-19H2. The fourth-order valence-electron chi connectivity index (χ4n) is 3.03. The van der Waals surface area contributed by atoms with Gasteiger partial charge in [0, 0.05) is 22.3 Å². The molecule has 30 heavy (non-hydrogen) atoms. The second-order valence-electron chi connectivity index (χ2n) is 6.82. The van der Waals surface area contributed by atoms with Crippen LogP contribution in [0.1, 0.15) is 11.1 Å². The molecule has 3 nitrogen and oxygen atoms in total. The van der Waals surface area contributed by atoms with Gasteiger partial charge < -0.3 is 14.8 Å². The molecule has 0 atom stereocenters. The summed E-state index contributed by atoms with van der Waals surface area (Å²) >= 11 is 3.56. The van der Waals surface area contributed by atoms with E-state index >= 15 is 0 Å². The van der Waals surface area contributed by atoms with E-state index in [-0.39, 0.29) is 0 Å². The molecule has 0 amide bonds. The highest BCUT2D eigenvalue weighted by atomic mass is 79.9. The molecule has 0 aromatic heterocycles. The molecule has 0 spiro atoms. The average molecular weight is 460 g/mol. The van der Waals surface area contributed by atoms with Crippen molar-refractivity contribution in [3.63, 3.8) is 0 Å². The van der Waals surface area contributed by atoms with E-state index in [1.807, 2.05) is 84.9 Å². The highest BCUT2D eigenvalue weighted by Gasteiger charge is 2.06. The summed E-state index contributed by atoms with van der Waals surface area (Å²) in [6.45, 7) is 1.20. The Labute approximate surface area is 185 Å². The van der Waals surface area contributed by atoms with Crippen LogP contribution in [0.25, 0.3) is 0 Å². The van der Waals surface area contributed by atoms with Gasteiger partial charge in [-0.25, -0.2) is 0 Å². The zero-order valence-corrected chi connectivity index (χ0v) is 18.0. The molecule has 4 aromatic rings. The van der Waals surface area contributed by atoms with Gasteiger partial charge in [-0.2, -0.15) is 0 Å². The molecule has 0 saturated carbocycles. The molecule has 150 valence electrons. The highest BCUT2D eigenvalue weighted by Crippen LogP contribution is 2.26. The number of benzene rings is 4. The molecule has 0 heterocycles. The maximum atomic E-state index is 6.07. The molecule has 0 fully saturated rings. The highest BCUT2D eigenvalue weighted by molar-refractivity contribution is 9.10. The van der Waals surface area contributed by atoms with Crippen LogP contribution in [0.4, 0.5) is 5.69 Å². The third kappa shape index (κ3) is 5.65. The lowest BCUT2D eigenvalue weighted by molar-refractivity contribution is 0.303. The molecule has 0 saturated heterocycles. The fraction of sp³-hybridized carbons (Fsp3) is 0.0769. The number of hydrogen-bond acceptors (Lipinski definition) is 3. The first-order valence-electron chi connectivity index (χ1n) is 9.78. The summed E-state index contributed by atoms with van der Waals surface area (Å²) in [5, 5.41) is 3.46. The maximum Gasteiger partial charge on any atom is 0.127 e. The Balaban J connectivity index is 1.38. The van der Waals surface area contributed by atoms with Crippen molar-refractivity contribution in [1.82, 2.24) is 0 Å². The van der Waals surface area contributed by atoms with Crippen molar-refractivity contribution < 1.29 is 9.47 Å². The van der Waals surface area contributed by atoms with Gasteiger partial charge in [-0.15, -0.1) is 0 Å². The minimum Gasteiger partial charge on any atom is -0.489 e. The van der Waals surface area contributed by atoms with Gasteiger partial charge in [0.25, 0.3) is 0 Å². The fourth-order valence-corrected chi connectivity index (χ4v) is 3.43. The number of nitrogens with one attached hydrogen (secondary N) is 1. The molecule has 0 bridgehead atoms. The Bertz CT molecular complexity index is 1070. The number of hydrogen-bond donors (Lipinski definition) is 1. The lowest BCUT2D eigenvalue weighted by Crippen LogP contribution is -2.04. The smallest absolute Gasteiger partial charge is 0.127 e. The van der Waals surface area contributed by atoms with Crippen LogP contribution in [0.3, 0.4) is 0 Å². The number of anilines is 1. The van der Waals surface area contributed by atoms with Crippen molar-refractivity contribution in [2.24, 2.45) is 0 Å². The molecule has 4 heteroatoms. The zero-order valence-electron chi connectivity index (χ0n) is 16.4. The largest absolute Gasteiger partial charge is 0.489 e. The molecule has 0 aliphatic carbocycles. The topological polar surface area (TPSA) is 30.5 Å². The summed E-state index contributed by atoms with van der Waals surface area (Å²) in [5.41, 5.74) is 3.25. The predicted molar refractivity (Wildman–Crippen MR) is 125 cm³/mol. The van der Waals surface area contributed by atoms with Gasteiger partial charge in [0.1, 0.15) is 23.9 Å². The van der Waals surface area contributed by atoms with Crippen molar-refractivity contribution >= 4 is 21.6 Å². The number of para-hydroxylation sites is 1. The van der Waals surface area contributed by atoms with E-state index in [4.69, 9.17) is 9.47 Å². The van der Waals surface area contributed by atoms with Crippen LogP contribution >= 0.6 is 15.9 Å². The van der Waals surface area contributed by atoms with Crippen LogP contribution in [-0.2, 0) is 13.2 Å². The van der Waals surface area contributed by atoms with Gasteiger partial charge >= 0.3 is 0 Å². The Hall–Kier alpha value is -3.24. The van der Waals surface area contributed by atoms with E-state index in [9.17, 15) is 0 Å². The van der Waals surface area contributed by atoms with E-state index in [0.717, 1.165) is 38.5 Å². The minimum absolute atomic E-state index is 0.543. The van der Waals surface area contributed by atoms with Crippen LogP contribution in [-0.4, -0.2) is 0 Å². The molecular formula is C26H22BrNO2. The summed E-state index contributed by atoms with van der Waals surface area (Å²) in [6, 6.07) is 34.0. The molecule has 4 rings (SSSR count). The first kappa shape index (κ1) is 20.0. The Morgan fingerprint density at radius 2 is 1.37 bits per heavy atom. The summed E-state index contributed by atoms with van der Waals surface area (Å²) in [4.78, 5) is 0. The van der Waals surface area contributed by atoms with E-state index in [1.165, 1.54) is 0 Å². The zero-order chi connectivity index (χ0) is 20.6. The van der Waals surface area contributed by atoms with Crippen molar-refractivity contribution in [2.75, 3.05) is 5.32 Å². The third-order valence-corrected chi connectivity index (χ3v) is 5.07. The Morgan fingerprint density at radius 3 is 2.10 bits per heavy atom.